The van der Waals surface area contributed by atoms with Crippen LogP contribution in [0.2, 0.25) is 0 Å². The van der Waals surface area contributed by atoms with Crippen molar-refractivity contribution in [3.05, 3.63) is 35.4 Å². The first kappa shape index (κ1) is 16.0. The maximum absolute atomic E-state index is 12.4. The van der Waals surface area contributed by atoms with Gasteiger partial charge in [0, 0.05) is 12.5 Å². The molecule has 1 aliphatic rings. The van der Waals surface area contributed by atoms with Crippen LogP contribution in [0.15, 0.2) is 24.3 Å². The third-order valence-corrected chi connectivity index (χ3v) is 4.50. The average Bonchev–Trinajstić information content (AvgIpc) is 2.42. The number of carbonyl (C=O) groups excluding carboxylic acids is 1. The fourth-order valence-electron chi connectivity index (χ4n) is 3.76. The number of benzene rings is 1. The Morgan fingerprint density at radius 1 is 1.29 bits per heavy atom. The molecule has 2 atom stereocenters. The lowest BCUT2D eigenvalue weighted by Crippen LogP contribution is -2.38. The monoisotopic (exact) mass is 289 g/mol. The van der Waals surface area contributed by atoms with E-state index < -0.39 is 0 Å². The van der Waals surface area contributed by atoms with Crippen LogP contribution in [0.3, 0.4) is 0 Å². The molecule has 0 radical (unpaired) electrons. The second-order valence-electron chi connectivity index (χ2n) is 7.25. The minimum atomic E-state index is 0.0134. The van der Waals surface area contributed by atoms with E-state index in [-0.39, 0.29) is 23.8 Å². The molecule has 0 heterocycles. The topological polar surface area (TPSA) is 49.3 Å². The van der Waals surface area contributed by atoms with Crippen molar-refractivity contribution < 1.29 is 9.90 Å². The molecule has 3 heteroatoms. The first-order chi connectivity index (χ1) is 9.91. The van der Waals surface area contributed by atoms with Crippen molar-refractivity contribution >= 4 is 5.91 Å². The van der Waals surface area contributed by atoms with Gasteiger partial charge in [-0.15, -0.1) is 0 Å². The molecule has 1 fully saturated rings. The van der Waals surface area contributed by atoms with E-state index in [4.69, 9.17) is 0 Å². The maximum atomic E-state index is 12.4. The van der Waals surface area contributed by atoms with Gasteiger partial charge in [0.05, 0.1) is 6.61 Å². The fraction of sp³-hybridized carbons (Fsp3) is 0.611. The summed E-state index contributed by atoms with van der Waals surface area (Å²) in [7, 11) is 0. The van der Waals surface area contributed by atoms with Crippen molar-refractivity contribution in [2.75, 3.05) is 0 Å². The zero-order chi connectivity index (χ0) is 15.5. The van der Waals surface area contributed by atoms with Crippen molar-refractivity contribution in [1.29, 1.82) is 0 Å². The van der Waals surface area contributed by atoms with Gasteiger partial charge < -0.3 is 10.4 Å². The van der Waals surface area contributed by atoms with Gasteiger partial charge in [-0.25, -0.2) is 0 Å². The van der Waals surface area contributed by atoms with Crippen LogP contribution in [0, 0.1) is 17.3 Å². The molecule has 0 aliphatic heterocycles. The van der Waals surface area contributed by atoms with Crippen LogP contribution < -0.4 is 5.32 Å². The Bertz CT molecular complexity index is 496. The minimum absolute atomic E-state index is 0.0134. The zero-order valence-corrected chi connectivity index (χ0v) is 13.4. The molecule has 2 unspecified atom stereocenters. The lowest BCUT2D eigenvalue weighted by atomic mass is 9.68. The van der Waals surface area contributed by atoms with Crippen LogP contribution in [-0.4, -0.2) is 11.0 Å². The van der Waals surface area contributed by atoms with Gasteiger partial charge in [0.15, 0.2) is 0 Å². The Hall–Kier alpha value is -1.35. The molecular formula is C18H27NO2. The van der Waals surface area contributed by atoms with Crippen molar-refractivity contribution in [3.63, 3.8) is 0 Å². The third kappa shape index (κ3) is 4.31. The minimum Gasteiger partial charge on any atom is -0.392 e. The largest absolute Gasteiger partial charge is 0.392 e. The Kier molecular flexibility index (Phi) is 5.04. The van der Waals surface area contributed by atoms with Crippen molar-refractivity contribution in [2.45, 2.75) is 53.2 Å². The smallest absolute Gasteiger partial charge is 0.223 e. The molecule has 116 valence electrons. The van der Waals surface area contributed by atoms with Crippen molar-refractivity contribution in [3.8, 4) is 0 Å². The highest BCUT2D eigenvalue weighted by molar-refractivity contribution is 5.78. The molecule has 0 saturated heterocycles. The number of hydrogen-bond donors (Lipinski definition) is 2. The van der Waals surface area contributed by atoms with E-state index >= 15 is 0 Å². The highest BCUT2D eigenvalue weighted by Gasteiger charge is 2.35. The van der Waals surface area contributed by atoms with E-state index in [9.17, 15) is 9.90 Å². The number of nitrogens with one attached hydrogen (secondary N) is 1. The zero-order valence-electron chi connectivity index (χ0n) is 13.4. The molecule has 1 saturated carbocycles. The van der Waals surface area contributed by atoms with Crippen LogP contribution in [0.25, 0.3) is 0 Å². The van der Waals surface area contributed by atoms with Gasteiger partial charge in [-0.2, -0.15) is 0 Å². The molecule has 0 bridgehead atoms. The van der Waals surface area contributed by atoms with E-state index in [1.807, 2.05) is 24.3 Å². The summed E-state index contributed by atoms with van der Waals surface area (Å²) in [6.07, 6.45) is 3.14. The third-order valence-electron chi connectivity index (χ3n) is 4.50. The van der Waals surface area contributed by atoms with E-state index in [1.54, 1.807) is 0 Å². The lowest BCUT2D eigenvalue weighted by molar-refractivity contribution is -0.128. The summed E-state index contributed by atoms with van der Waals surface area (Å²) in [5.41, 5.74) is 2.13. The summed E-state index contributed by atoms with van der Waals surface area (Å²) < 4.78 is 0. The van der Waals surface area contributed by atoms with E-state index in [0.717, 1.165) is 24.0 Å². The standard InChI is InChI=1S/C18H27NO2/c1-13-8-16(10-18(2,3)9-13)17(21)19-11-14-6-4-5-7-15(14)12-20/h4-7,13,16,20H,8-12H2,1-3H3,(H,19,21). The molecule has 0 aromatic heterocycles. The first-order valence-corrected chi connectivity index (χ1v) is 7.86. The molecule has 2 rings (SSSR count). The van der Waals surface area contributed by atoms with Crippen LogP contribution in [-0.2, 0) is 17.9 Å². The Balaban J connectivity index is 1.95. The van der Waals surface area contributed by atoms with Crippen LogP contribution in [0.1, 0.15) is 51.2 Å². The normalized spacial score (nSPS) is 24.6. The van der Waals surface area contributed by atoms with Gasteiger partial charge in [-0.05, 0) is 41.7 Å². The van der Waals surface area contributed by atoms with Crippen molar-refractivity contribution in [2.24, 2.45) is 17.3 Å². The molecule has 1 aliphatic carbocycles. The molecule has 0 spiro atoms. The summed E-state index contributed by atoms with van der Waals surface area (Å²) in [5.74, 6) is 0.877. The van der Waals surface area contributed by atoms with E-state index in [0.29, 0.717) is 12.5 Å². The summed E-state index contributed by atoms with van der Waals surface area (Å²) in [4.78, 5) is 12.4. The van der Waals surface area contributed by atoms with E-state index in [2.05, 4.69) is 26.1 Å². The Labute approximate surface area is 127 Å². The molecule has 1 amide bonds. The van der Waals surface area contributed by atoms with Crippen LogP contribution in [0.5, 0.6) is 0 Å². The SMILES string of the molecule is CC1CC(C(=O)NCc2ccccc2CO)CC(C)(C)C1. The maximum Gasteiger partial charge on any atom is 0.223 e. The summed E-state index contributed by atoms with van der Waals surface area (Å²) in [6, 6.07) is 7.70. The van der Waals surface area contributed by atoms with Gasteiger partial charge in [0.25, 0.3) is 0 Å². The molecule has 3 nitrogen and oxygen atoms in total. The second-order valence-corrected chi connectivity index (χ2v) is 7.25. The Morgan fingerprint density at radius 3 is 2.57 bits per heavy atom. The van der Waals surface area contributed by atoms with Crippen LogP contribution in [0.4, 0.5) is 0 Å². The van der Waals surface area contributed by atoms with E-state index in [1.165, 1.54) is 6.42 Å². The lowest BCUT2D eigenvalue weighted by Gasteiger charge is -2.38. The quantitative estimate of drug-likeness (QED) is 0.894. The van der Waals surface area contributed by atoms with Crippen molar-refractivity contribution in [1.82, 2.24) is 5.32 Å². The molecule has 1 aromatic rings. The van der Waals surface area contributed by atoms with Gasteiger partial charge in [-0.3, -0.25) is 4.79 Å². The number of hydrogen-bond acceptors (Lipinski definition) is 2. The number of carbonyl (C=O) groups is 1. The molecule has 21 heavy (non-hydrogen) atoms. The molecule has 2 N–H and O–H groups in total. The highest BCUT2D eigenvalue weighted by atomic mass is 16.3. The second kappa shape index (κ2) is 6.61. The number of aliphatic hydroxyl groups is 1. The predicted octanol–water partition coefficient (Wildman–Crippen LogP) is 3.26. The summed E-state index contributed by atoms with van der Waals surface area (Å²) in [5, 5.41) is 12.4. The molecule has 1 aromatic carbocycles. The number of rotatable bonds is 4. The summed E-state index contributed by atoms with van der Waals surface area (Å²) in [6.45, 7) is 7.26. The van der Waals surface area contributed by atoms with Gasteiger partial charge in [-0.1, -0.05) is 45.0 Å². The average molecular weight is 289 g/mol. The van der Waals surface area contributed by atoms with Crippen LogP contribution >= 0.6 is 0 Å². The van der Waals surface area contributed by atoms with Gasteiger partial charge in [0.1, 0.15) is 0 Å². The number of amides is 1. The molecular weight excluding hydrogens is 262 g/mol. The Morgan fingerprint density at radius 2 is 1.95 bits per heavy atom. The predicted molar refractivity (Wildman–Crippen MR) is 84.5 cm³/mol. The van der Waals surface area contributed by atoms with Gasteiger partial charge in [0.2, 0.25) is 5.91 Å². The fourth-order valence-corrected chi connectivity index (χ4v) is 3.76. The summed E-state index contributed by atoms with van der Waals surface area (Å²) >= 11 is 0. The highest BCUT2D eigenvalue weighted by Crippen LogP contribution is 2.41. The number of aliphatic hydroxyl groups excluding tert-OH is 1. The van der Waals surface area contributed by atoms with Gasteiger partial charge >= 0.3 is 0 Å². The first-order valence-electron chi connectivity index (χ1n) is 7.86.